The molecular weight excluding hydrogens is 295 g/mol. The minimum absolute atomic E-state index is 0.182. The molecule has 0 aromatic heterocycles. The number of likely N-dealkylation sites (tertiary alicyclic amines) is 2. The van der Waals surface area contributed by atoms with Crippen LogP contribution >= 0.6 is 0 Å². The molecule has 0 radical (unpaired) electrons. The van der Waals surface area contributed by atoms with Crippen molar-refractivity contribution in [3.8, 4) is 0 Å². The smallest absolute Gasteiger partial charge is 0.256 e. The van der Waals surface area contributed by atoms with Gasteiger partial charge in [0.1, 0.15) is 5.82 Å². The van der Waals surface area contributed by atoms with Crippen LogP contribution in [-0.2, 0) is 11.3 Å². The van der Waals surface area contributed by atoms with E-state index in [4.69, 9.17) is 0 Å². The predicted octanol–water partition coefficient (Wildman–Crippen LogP) is 2.17. The molecular formula is C18H25FN2O2. The van der Waals surface area contributed by atoms with Crippen LogP contribution in [0.1, 0.15) is 37.7 Å². The second kappa shape index (κ2) is 6.97. The van der Waals surface area contributed by atoms with E-state index in [1.54, 1.807) is 17.0 Å². The lowest BCUT2D eigenvalue weighted by Gasteiger charge is -2.41. The fraction of sp³-hybridized carbons (Fsp3) is 0.611. The molecule has 1 amide bonds. The molecule has 2 fully saturated rings. The van der Waals surface area contributed by atoms with Crippen molar-refractivity contribution in [2.45, 2.75) is 44.2 Å². The van der Waals surface area contributed by atoms with Gasteiger partial charge in [0.15, 0.2) is 5.60 Å². The zero-order chi connectivity index (χ0) is 16.3. The van der Waals surface area contributed by atoms with E-state index in [0.717, 1.165) is 37.9 Å². The third-order valence-corrected chi connectivity index (χ3v) is 4.92. The lowest BCUT2D eigenvalue weighted by molar-refractivity contribution is -0.160. The van der Waals surface area contributed by atoms with Crippen LogP contribution in [0.15, 0.2) is 24.3 Å². The minimum Gasteiger partial charge on any atom is -0.379 e. The van der Waals surface area contributed by atoms with Crippen LogP contribution in [0.3, 0.4) is 0 Å². The fourth-order valence-corrected chi connectivity index (χ4v) is 3.66. The zero-order valence-corrected chi connectivity index (χ0v) is 13.5. The molecule has 2 heterocycles. The predicted molar refractivity (Wildman–Crippen MR) is 86.3 cm³/mol. The largest absolute Gasteiger partial charge is 0.379 e. The van der Waals surface area contributed by atoms with Gasteiger partial charge in [0.05, 0.1) is 0 Å². The Kier molecular flexibility index (Phi) is 4.97. The minimum atomic E-state index is -1.27. The summed E-state index contributed by atoms with van der Waals surface area (Å²) in [4.78, 5) is 16.7. The van der Waals surface area contributed by atoms with Gasteiger partial charge in [-0.3, -0.25) is 9.69 Å². The number of β-amino-alcohol motifs (C(OH)–C–C–N with tert-alkyl or cyclic N) is 1. The first-order chi connectivity index (χ1) is 11.1. The number of amides is 1. The number of hydrogen-bond acceptors (Lipinski definition) is 3. The molecule has 1 aromatic carbocycles. The quantitative estimate of drug-likeness (QED) is 0.925. The van der Waals surface area contributed by atoms with Crippen LogP contribution in [0.25, 0.3) is 0 Å². The van der Waals surface area contributed by atoms with Crippen molar-refractivity contribution >= 4 is 5.91 Å². The molecule has 126 valence electrons. The van der Waals surface area contributed by atoms with E-state index in [0.29, 0.717) is 26.1 Å². The summed E-state index contributed by atoms with van der Waals surface area (Å²) in [5, 5.41) is 10.9. The van der Waals surface area contributed by atoms with Crippen molar-refractivity contribution in [2.24, 2.45) is 0 Å². The summed E-state index contributed by atoms with van der Waals surface area (Å²) in [7, 11) is 0. The maximum absolute atomic E-state index is 13.0. The van der Waals surface area contributed by atoms with Gasteiger partial charge in [-0.1, -0.05) is 18.6 Å². The molecule has 1 atom stereocenters. The molecule has 0 aliphatic carbocycles. The average Bonchev–Trinajstić information content (AvgIpc) is 2.55. The van der Waals surface area contributed by atoms with E-state index in [-0.39, 0.29) is 11.7 Å². The molecule has 23 heavy (non-hydrogen) atoms. The Morgan fingerprint density at radius 2 is 1.74 bits per heavy atom. The first-order valence-corrected chi connectivity index (χ1v) is 8.55. The third kappa shape index (κ3) is 3.90. The molecule has 0 spiro atoms. The summed E-state index contributed by atoms with van der Waals surface area (Å²) in [5.41, 5.74) is -0.378. The Labute approximate surface area is 136 Å². The van der Waals surface area contributed by atoms with Crippen molar-refractivity contribution in [2.75, 3.05) is 26.2 Å². The summed E-state index contributed by atoms with van der Waals surface area (Å²) < 4.78 is 13.0. The van der Waals surface area contributed by atoms with Gasteiger partial charge in [0.25, 0.3) is 5.91 Å². The summed E-state index contributed by atoms with van der Waals surface area (Å²) in [5.74, 6) is -0.459. The van der Waals surface area contributed by atoms with Gasteiger partial charge in [-0.2, -0.15) is 0 Å². The Balaban J connectivity index is 1.65. The van der Waals surface area contributed by atoms with Crippen LogP contribution in [0.5, 0.6) is 0 Å². The number of piperidine rings is 2. The van der Waals surface area contributed by atoms with E-state index < -0.39 is 5.60 Å². The van der Waals surface area contributed by atoms with Gasteiger partial charge in [-0.15, -0.1) is 0 Å². The highest BCUT2D eigenvalue weighted by atomic mass is 19.1. The highest BCUT2D eigenvalue weighted by molar-refractivity contribution is 5.86. The van der Waals surface area contributed by atoms with Gasteiger partial charge < -0.3 is 10.0 Å². The van der Waals surface area contributed by atoms with Crippen LogP contribution in [-0.4, -0.2) is 52.6 Å². The summed E-state index contributed by atoms with van der Waals surface area (Å²) >= 11 is 0. The molecule has 2 saturated heterocycles. The first-order valence-electron chi connectivity index (χ1n) is 8.55. The molecule has 3 rings (SSSR count). The standard InChI is InChI=1S/C18H25FN2O2/c19-16-7-5-15(6-8-16)13-21-12-4-9-18(23,17(21)22)14-20-10-2-1-3-11-20/h5-8,23H,1-4,9-14H2/t18-/m0/s1. The zero-order valence-electron chi connectivity index (χ0n) is 13.5. The Hall–Kier alpha value is -1.46. The summed E-state index contributed by atoms with van der Waals surface area (Å²) in [6, 6.07) is 6.20. The molecule has 0 bridgehead atoms. The van der Waals surface area contributed by atoms with Gasteiger partial charge >= 0.3 is 0 Å². The number of nitrogens with zero attached hydrogens (tertiary/aromatic N) is 2. The number of carbonyl (C=O) groups is 1. The van der Waals surface area contributed by atoms with Gasteiger partial charge in [-0.25, -0.2) is 4.39 Å². The topological polar surface area (TPSA) is 43.8 Å². The number of halogens is 1. The highest BCUT2D eigenvalue weighted by Crippen LogP contribution is 2.26. The number of rotatable bonds is 4. The Bertz CT molecular complexity index is 542. The molecule has 2 aliphatic heterocycles. The number of aliphatic hydroxyl groups is 1. The normalized spacial score (nSPS) is 26.5. The van der Waals surface area contributed by atoms with Crippen molar-refractivity contribution in [3.05, 3.63) is 35.6 Å². The van der Waals surface area contributed by atoms with Gasteiger partial charge in [-0.05, 0) is 56.5 Å². The van der Waals surface area contributed by atoms with E-state index in [1.807, 2.05) is 0 Å². The maximum Gasteiger partial charge on any atom is 0.256 e. The summed E-state index contributed by atoms with van der Waals surface area (Å²) in [6.45, 7) is 3.45. The fourth-order valence-electron chi connectivity index (χ4n) is 3.66. The van der Waals surface area contributed by atoms with Crippen LogP contribution in [0.2, 0.25) is 0 Å². The van der Waals surface area contributed by atoms with Gasteiger partial charge in [0.2, 0.25) is 0 Å². The molecule has 2 aliphatic rings. The van der Waals surface area contributed by atoms with Crippen LogP contribution in [0.4, 0.5) is 4.39 Å². The number of carbonyl (C=O) groups excluding carboxylic acids is 1. The monoisotopic (exact) mass is 320 g/mol. The maximum atomic E-state index is 13.0. The lowest BCUT2D eigenvalue weighted by atomic mass is 9.90. The highest BCUT2D eigenvalue weighted by Gasteiger charge is 2.43. The molecule has 1 N–H and O–H groups in total. The number of hydrogen-bond donors (Lipinski definition) is 1. The van der Waals surface area contributed by atoms with E-state index in [9.17, 15) is 14.3 Å². The Morgan fingerprint density at radius 3 is 2.43 bits per heavy atom. The van der Waals surface area contributed by atoms with E-state index in [1.165, 1.54) is 18.6 Å². The van der Waals surface area contributed by atoms with Crippen LogP contribution in [0, 0.1) is 5.82 Å². The molecule has 0 unspecified atom stereocenters. The van der Waals surface area contributed by atoms with Gasteiger partial charge in [0, 0.05) is 19.6 Å². The van der Waals surface area contributed by atoms with Crippen molar-refractivity contribution in [1.82, 2.24) is 9.80 Å². The molecule has 4 nitrogen and oxygen atoms in total. The first kappa shape index (κ1) is 16.4. The second-order valence-electron chi connectivity index (χ2n) is 6.83. The number of benzene rings is 1. The third-order valence-electron chi connectivity index (χ3n) is 4.92. The van der Waals surface area contributed by atoms with E-state index >= 15 is 0 Å². The lowest BCUT2D eigenvalue weighted by Crippen LogP contribution is -2.58. The van der Waals surface area contributed by atoms with Crippen molar-refractivity contribution < 1.29 is 14.3 Å². The van der Waals surface area contributed by atoms with Crippen molar-refractivity contribution in [1.29, 1.82) is 0 Å². The SMILES string of the molecule is O=C1N(Cc2ccc(F)cc2)CCC[C@]1(O)CN1CCCCC1. The molecule has 1 aromatic rings. The molecule has 5 heteroatoms. The van der Waals surface area contributed by atoms with E-state index in [2.05, 4.69) is 4.90 Å². The van der Waals surface area contributed by atoms with Crippen molar-refractivity contribution in [3.63, 3.8) is 0 Å². The second-order valence-corrected chi connectivity index (χ2v) is 6.83. The Morgan fingerprint density at radius 1 is 1.04 bits per heavy atom. The molecule has 0 saturated carbocycles. The average molecular weight is 320 g/mol. The van der Waals surface area contributed by atoms with Crippen LogP contribution < -0.4 is 0 Å². The summed E-state index contributed by atoms with van der Waals surface area (Å²) in [6.07, 6.45) is 4.85.